The van der Waals surface area contributed by atoms with Crippen molar-refractivity contribution in [3.63, 3.8) is 0 Å². The lowest BCUT2D eigenvalue weighted by atomic mass is 9.95. The van der Waals surface area contributed by atoms with Gasteiger partial charge in [0.05, 0.1) is 17.3 Å². The molecule has 0 aliphatic heterocycles. The number of benzene rings is 1. The summed E-state index contributed by atoms with van der Waals surface area (Å²) < 4.78 is 1.32. The molecule has 0 atom stereocenters. The van der Waals surface area contributed by atoms with Gasteiger partial charge in [-0.05, 0) is 44.4 Å². The van der Waals surface area contributed by atoms with E-state index in [0.717, 1.165) is 18.4 Å². The largest absolute Gasteiger partial charge is 0.479 e. The number of nitrogens with zero attached hydrogens (tertiary/aromatic N) is 2. The summed E-state index contributed by atoms with van der Waals surface area (Å²) in [4.78, 5) is 24.0. The van der Waals surface area contributed by atoms with E-state index in [4.69, 9.17) is 11.6 Å². The molecule has 3 rings (SSSR count). The zero-order valence-electron chi connectivity index (χ0n) is 13.4. The molecule has 1 aliphatic rings. The molecule has 1 heterocycles. The molecular formula is C17H18ClN3O3. The fourth-order valence-electron chi connectivity index (χ4n) is 2.60. The summed E-state index contributed by atoms with van der Waals surface area (Å²) in [7, 11) is 0. The molecule has 1 amide bonds. The minimum Gasteiger partial charge on any atom is -0.479 e. The summed E-state index contributed by atoms with van der Waals surface area (Å²) in [6.07, 6.45) is 4.50. The van der Waals surface area contributed by atoms with E-state index in [1.165, 1.54) is 17.1 Å². The summed E-state index contributed by atoms with van der Waals surface area (Å²) in [6.45, 7) is 3.09. The molecule has 24 heavy (non-hydrogen) atoms. The third kappa shape index (κ3) is 2.78. The average molecular weight is 348 g/mol. The molecule has 0 radical (unpaired) electrons. The molecule has 2 aromatic rings. The van der Waals surface area contributed by atoms with Crippen LogP contribution < -0.4 is 5.32 Å². The van der Waals surface area contributed by atoms with Gasteiger partial charge in [0.15, 0.2) is 5.54 Å². The number of carboxylic acid groups (broad SMARTS) is 1. The van der Waals surface area contributed by atoms with Crippen molar-refractivity contribution in [3.05, 3.63) is 47.2 Å². The lowest BCUT2D eigenvalue weighted by molar-refractivity contribution is -0.146. The maximum absolute atomic E-state index is 12.7. The Morgan fingerprint density at radius 3 is 2.67 bits per heavy atom. The van der Waals surface area contributed by atoms with Crippen molar-refractivity contribution in [2.75, 3.05) is 5.32 Å². The van der Waals surface area contributed by atoms with Gasteiger partial charge in [0.2, 0.25) is 5.91 Å². The smallest absolute Gasteiger partial charge is 0.331 e. The second-order valence-corrected chi connectivity index (χ2v) is 7.02. The topological polar surface area (TPSA) is 84.2 Å². The minimum absolute atomic E-state index is 0.127. The van der Waals surface area contributed by atoms with E-state index < -0.39 is 16.9 Å². The van der Waals surface area contributed by atoms with Gasteiger partial charge in [-0.15, -0.1) is 0 Å². The van der Waals surface area contributed by atoms with Crippen LogP contribution in [-0.2, 0) is 20.5 Å². The van der Waals surface area contributed by atoms with Gasteiger partial charge in [0, 0.05) is 11.2 Å². The molecule has 0 saturated heterocycles. The monoisotopic (exact) mass is 347 g/mol. The Kier molecular flexibility index (Phi) is 3.87. The number of carbonyl (C=O) groups is 2. The zero-order chi connectivity index (χ0) is 17.5. The maximum Gasteiger partial charge on any atom is 0.331 e. The summed E-state index contributed by atoms with van der Waals surface area (Å²) in [5.41, 5.74) is -0.379. The zero-order valence-corrected chi connectivity index (χ0v) is 14.2. The predicted molar refractivity (Wildman–Crippen MR) is 90.2 cm³/mol. The Hall–Kier alpha value is -2.34. The van der Waals surface area contributed by atoms with Gasteiger partial charge in [0.25, 0.3) is 0 Å². The van der Waals surface area contributed by atoms with E-state index in [1.54, 1.807) is 19.9 Å². The van der Waals surface area contributed by atoms with Crippen LogP contribution >= 0.6 is 11.6 Å². The minimum atomic E-state index is -1.19. The van der Waals surface area contributed by atoms with Crippen molar-refractivity contribution >= 4 is 29.2 Å². The van der Waals surface area contributed by atoms with Gasteiger partial charge in [-0.3, -0.25) is 9.48 Å². The van der Waals surface area contributed by atoms with Crippen LogP contribution in [0.4, 0.5) is 5.69 Å². The van der Waals surface area contributed by atoms with E-state index in [0.29, 0.717) is 10.7 Å². The number of aromatic nitrogens is 2. The van der Waals surface area contributed by atoms with Crippen LogP contribution in [0.5, 0.6) is 0 Å². The molecule has 1 aliphatic carbocycles. The van der Waals surface area contributed by atoms with Crippen molar-refractivity contribution in [2.24, 2.45) is 0 Å². The fourth-order valence-corrected chi connectivity index (χ4v) is 2.79. The first kappa shape index (κ1) is 16.5. The summed E-state index contributed by atoms with van der Waals surface area (Å²) in [5, 5.41) is 16.7. The van der Waals surface area contributed by atoms with Gasteiger partial charge in [-0.2, -0.15) is 5.10 Å². The summed E-state index contributed by atoms with van der Waals surface area (Å²) in [5.74, 6) is -1.13. The Morgan fingerprint density at radius 1 is 1.38 bits per heavy atom. The highest BCUT2D eigenvalue weighted by Crippen LogP contribution is 2.49. The summed E-state index contributed by atoms with van der Waals surface area (Å²) >= 11 is 6.03. The Morgan fingerprint density at radius 2 is 2.08 bits per heavy atom. The van der Waals surface area contributed by atoms with Crippen LogP contribution in [-0.4, -0.2) is 26.8 Å². The van der Waals surface area contributed by atoms with Gasteiger partial charge in [0.1, 0.15) is 0 Å². The third-order valence-corrected chi connectivity index (χ3v) is 4.73. The van der Waals surface area contributed by atoms with Crippen molar-refractivity contribution in [1.29, 1.82) is 0 Å². The Bertz CT molecular complexity index is 809. The number of rotatable bonds is 5. The van der Waals surface area contributed by atoms with Crippen LogP contribution in [0.2, 0.25) is 5.02 Å². The van der Waals surface area contributed by atoms with Crippen LogP contribution in [0, 0.1) is 0 Å². The second-order valence-electron chi connectivity index (χ2n) is 6.58. The number of amides is 1. The standard InChI is InChI=1S/C17H18ClN3O3/c1-16(2,15(23)24)21-10-13(9-19-21)20-14(22)17(6-7-17)11-4-3-5-12(18)8-11/h3-5,8-10H,6-7H2,1-2H3,(H,20,22)(H,23,24). The quantitative estimate of drug-likeness (QED) is 0.870. The normalized spacial score (nSPS) is 15.8. The molecule has 126 valence electrons. The maximum atomic E-state index is 12.7. The number of hydrogen-bond donors (Lipinski definition) is 2. The number of nitrogens with one attached hydrogen (secondary N) is 1. The number of halogens is 1. The van der Waals surface area contributed by atoms with Gasteiger partial charge in [-0.25, -0.2) is 4.79 Å². The van der Waals surface area contributed by atoms with Crippen molar-refractivity contribution in [2.45, 2.75) is 37.6 Å². The van der Waals surface area contributed by atoms with Crippen molar-refractivity contribution in [1.82, 2.24) is 9.78 Å². The molecule has 1 aromatic carbocycles. The van der Waals surface area contributed by atoms with E-state index in [9.17, 15) is 14.7 Å². The first-order valence-electron chi connectivity index (χ1n) is 7.62. The number of anilines is 1. The molecule has 0 bridgehead atoms. The van der Waals surface area contributed by atoms with Crippen molar-refractivity contribution in [3.8, 4) is 0 Å². The number of carbonyl (C=O) groups excluding carboxylic acids is 1. The number of hydrogen-bond acceptors (Lipinski definition) is 3. The molecule has 1 aromatic heterocycles. The molecule has 1 saturated carbocycles. The molecule has 6 nitrogen and oxygen atoms in total. The highest BCUT2D eigenvalue weighted by Gasteiger charge is 2.51. The summed E-state index contributed by atoms with van der Waals surface area (Å²) in [6, 6.07) is 7.32. The van der Waals surface area contributed by atoms with Crippen LogP contribution in [0.25, 0.3) is 0 Å². The van der Waals surface area contributed by atoms with E-state index >= 15 is 0 Å². The molecular weight excluding hydrogens is 330 g/mol. The molecule has 0 spiro atoms. The van der Waals surface area contributed by atoms with Gasteiger partial charge in [-0.1, -0.05) is 23.7 Å². The van der Waals surface area contributed by atoms with E-state index in [2.05, 4.69) is 10.4 Å². The fraction of sp³-hybridized carbons (Fsp3) is 0.353. The predicted octanol–water partition coefficient (Wildman–Crippen LogP) is 3.03. The second kappa shape index (κ2) is 5.63. The Balaban J connectivity index is 1.79. The number of aliphatic carboxylic acids is 1. The van der Waals surface area contributed by atoms with Crippen LogP contribution in [0.3, 0.4) is 0 Å². The van der Waals surface area contributed by atoms with E-state index in [-0.39, 0.29) is 5.91 Å². The SMILES string of the molecule is CC(C)(C(=O)O)n1cc(NC(=O)C2(c3cccc(Cl)c3)CC2)cn1. The van der Waals surface area contributed by atoms with Crippen LogP contribution in [0.15, 0.2) is 36.7 Å². The molecule has 7 heteroatoms. The lowest BCUT2D eigenvalue weighted by Crippen LogP contribution is -2.36. The molecule has 2 N–H and O–H groups in total. The Labute approximate surface area is 144 Å². The highest BCUT2D eigenvalue weighted by molar-refractivity contribution is 6.30. The first-order valence-corrected chi connectivity index (χ1v) is 7.99. The van der Waals surface area contributed by atoms with E-state index in [1.807, 2.05) is 18.2 Å². The first-order chi connectivity index (χ1) is 11.3. The number of carboxylic acids is 1. The van der Waals surface area contributed by atoms with Gasteiger partial charge >= 0.3 is 5.97 Å². The third-order valence-electron chi connectivity index (χ3n) is 4.50. The molecule has 1 fully saturated rings. The highest BCUT2D eigenvalue weighted by atomic mass is 35.5. The lowest BCUT2D eigenvalue weighted by Gasteiger charge is -2.19. The molecule has 0 unspecified atom stereocenters. The van der Waals surface area contributed by atoms with Crippen molar-refractivity contribution < 1.29 is 14.7 Å². The van der Waals surface area contributed by atoms with Crippen LogP contribution in [0.1, 0.15) is 32.3 Å². The van der Waals surface area contributed by atoms with Gasteiger partial charge < -0.3 is 10.4 Å². The average Bonchev–Trinajstić information content (AvgIpc) is 3.21.